The molecule has 1 nitrogen and oxygen atoms in total. The highest BCUT2D eigenvalue weighted by molar-refractivity contribution is 5.93. The highest BCUT2D eigenvalue weighted by atomic mass is 14.9. The van der Waals surface area contributed by atoms with Crippen LogP contribution >= 0.6 is 0 Å². The average Bonchev–Trinajstić information content (AvgIpc) is 2.79. The first kappa shape index (κ1) is 9.71. The molecule has 0 saturated heterocycles. The van der Waals surface area contributed by atoms with Gasteiger partial charge >= 0.3 is 0 Å². The van der Waals surface area contributed by atoms with Gasteiger partial charge in [-0.1, -0.05) is 32.1 Å². The number of aromatic nitrogens is 1. The maximum atomic E-state index is 2.31. The van der Waals surface area contributed by atoms with Crippen molar-refractivity contribution < 1.29 is 0 Å². The van der Waals surface area contributed by atoms with Crippen LogP contribution in [-0.2, 0) is 12.0 Å². The molecule has 0 atom stereocenters. The molecular weight excluding hydrogens is 194 g/mol. The van der Waals surface area contributed by atoms with Crippen molar-refractivity contribution in [2.45, 2.75) is 32.7 Å². The fourth-order valence-corrected chi connectivity index (χ4v) is 2.69. The molecule has 82 valence electrons. The zero-order valence-corrected chi connectivity index (χ0v) is 10.1. The van der Waals surface area contributed by atoms with E-state index in [1.165, 1.54) is 22.0 Å². The predicted molar refractivity (Wildman–Crippen MR) is 69.7 cm³/mol. The van der Waals surface area contributed by atoms with Crippen molar-refractivity contribution in [1.82, 2.24) is 4.57 Å². The summed E-state index contributed by atoms with van der Waals surface area (Å²) < 4.78 is 2.30. The van der Waals surface area contributed by atoms with Gasteiger partial charge in [-0.05, 0) is 30.2 Å². The smallest absolute Gasteiger partial charge is 0.0486 e. The molecule has 0 bridgehead atoms. The SMILES string of the molecule is CCn1ccc2c3c(ccc21)C(C)(C)C=C3. The lowest BCUT2D eigenvalue weighted by molar-refractivity contribution is 0.684. The van der Waals surface area contributed by atoms with Gasteiger partial charge in [0.25, 0.3) is 0 Å². The Labute approximate surface area is 96.4 Å². The summed E-state index contributed by atoms with van der Waals surface area (Å²) in [6.45, 7) is 7.78. The summed E-state index contributed by atoms with van der Waals surface area (Å²) >= 11 is 0. The van der Waals surface area contributed by atoms with Crippen molar-refractivity contribution in [1.29, 1.82) is 0 Å². The highest BCUT2D eigenvalue weighted by Gasteiger charge is 2.26. The van der Waals surface area contributed by atoms with Crippen LogP contribution in [0.5, 0.6) is 0 Å². The molecule has 1 aromatic carbocycles. The summed E-state index contributed by atoms with van der Waals surface area (Å²) in [4.78, 5) is 0. The first-order valence-electron chi connectivity index (χ1n) is 5.95. The molecule has 0 unspecified atom stereocenters. The van der Waals surface area contributed by atoms with Gasteiger partial charge in [-0.2, -0.15) is 0 Å². The van der Waals surface area contributed by atoms with Crippen molar-refractivity contribution in [3.05, 3.63) is 41.6 Å². The van der Waals surface area contributed by atoms with Crippen LogP contribution in [0.25, 0.3) is 17.0 Å². The summed E-state index contributed by atoms with van der Waals surface area (Å²) in [5, 5.41) is 1.39. The van der Waals surface area contributed by atoms with Gasteiger partial charge in [-0.25, -0.2) is 0 Å². The van der Waals surface area contributed by atoms with Crippen LogP contribution in [0, 0.1) is 0 Å². The van der Waals surface area contributed by atoms with E-state index in [1.54, 1.807) is 0 Å². The van der Waals surface area contributed by atoms with Crippen molar-refractivity contribution in [3.8, 4) is 0 Å². The number of allylic oxidation sites excluding steroid dienone is 1. The van der Waals surface area contributed by atoms with Gasteiger partial charge in [-0.15, -0.1) is 0 Å². The molecule has 2 aromatic rings. The Hall–Kier alpha value is -1.50. The van der Waals surface area contributed by atoms with Gasteiger partial charge in [0.15, 0.2) is 0 Å². The first-order valence-corrected chi connectivity index (χ1v) is 5.95. The molecule has 0 amide bonds. The number of fused-ring (bicyclic) bond motifs is 3. The van der Waals surface area contributed by atoms with Crippen molar-refractivity contribution >= 4 is 17.0 Å². The lowest BCUT2D eigenvalue weighted by Gasteiger charge is -2.18. The lowest BCUT2D eigenvalue weighted by Crippen LogP contribution is -2.10. The van der Waals surface area contributed by atoms with Gasteiger partial charge in [0.2, 0.25) is 0 Å². The Morgan fingerprint density at radius 2 is 2.00 bits per heavy atom. The van der Waals surface area contributed by atoms with Gasteiger partial charge < -0.3 is 4.57 Å². The van der Waals surface area contributed by atoms with E-state index in [2.05, 4.69) is 61.9 Å². The molecule has 0 fully saturated rings. The Morgan fingerprint density at radius 3 is 2.75 bits per heavy atom. The van der Waals surface area contributed by atoms with E-state index in [0.717, 1.165) is 6.54 Å². The van der Waals surface area contributed by atoms with Gasteiger partial charge in [0, 0.05) is 29.1 Å². The van der Waals surface area contributed by atoms with E-state index in [0.29, 0.717) is 0 Å². The molecule has 1 aromatic heterocycles. The van der Waals surface area contributed by atoms with Crippen LogP contribution in [0.15, 0.2) is 30.5 Å². The van der Waals surface area contributed by atoms with Gasteiger partial charge in [0.05, 0.1) is 0 Å². The number of benzene rings is 1. The Balaban J connectivity index is 2.35. The third-order valence-electron chi connectivity index (χ3n) is 3.70. The second kappa shape index (κ2) is 3.00. The molecule has 1 aliphatic carbocycles. The minimum Gasteiger partial charge on any atom is -0.348 e. The van der Waals surface area contributed by atoms with E-state index in [9.17, 15) is 0 Å². The third kappa shape index (κ3) is 1.12. The number of aryl methyl sites for hydroxylation is 1. The number of hydrogen-bond acceptors (Lipinski definition) is 0. The fraction of sp³-hybridized carbons (Fsp3) is 0.333. The maximum absolute atomic E-state index is 2.31. The first-order chi connectivity index (χ1) is 7.63. The second-order valence-corrected chi connectivity index (χ2v) is 5.12. The van der Waals surface area contributed by atoms with E-state index in [-0.39, 0.29) is 5.41 Å². The monoisotopic (exact) mass is 211 g/mol. The molecule has 1 heterocycles. The zero-order valence-electron chi connectivity index (χ0n) is 10.1. The number of hydrogen-bond donors (Lipinski definition) is 0. The quantitative estimate of drug-likeness (QED) is 0.672. The average molecular weight is 211 g/mol. The molecule has 16 heavy (non-hydrogen) atoms. The van der Waals surface area contributed by atoms with Crippen LogP contribution in [-0.4, -0.2) is 4.57 Å². The van der Waals surface area contributed by atoms with Crippen molar-refractivity contribution in [3.63, 3.8) is 0 Å². The second-order valence-electron chi connectivity index (χ2n) is 5.12. The number of rotatable bonds is 1. The topological polar surface area (TPSA) is 4.93 Å². The van der Waals surface area contributed by atoms with Gasteiger partial charge in [-0.3, -0.25) is 0 Å². The zero-order chi connectivity index (χ0) is 11.3. The van der Waals surface area contributed by atoms with E-state index >= 15 is 0 Å². The predicted octanol–water partition coefficient (Wildman–Crippen LogP) is 3.97. The molecule has 0 radical (unpaired) electrons. The molecule has 0 N–H and O–H groups in total. The van der Waals surface area contributed by atoms with Crippen LogP contribution in [0.2, 0.25) is 0 Å². The summed E-state index contributed by atoms with van der Waals surface area (Å²) in [5.74, 6) is 0. The van der Waals surface area contributed by atoms with Crippen molar-refractivity contribution in [2.24, 2.45) is 0 Å². The lowest BCUT2D eigenvalue weighted by atomic mass is 9.86. The standard InChI is InChI=1S/C15H17N/c1-4-16-10-8-12-11-7-9-15(2,3)13(11)5-6-14(12)16/h5-10H,4H2,1-3H3. The maximum Gasteiger partial charge on any atom is 0.0486 e. The Morgan fingerprint density at radius 1 is 1.19 bits per heavy atom. The van der Waals surface area contributed by atoms with E-state index in [4.69, 9.17) is 0 Å². The fourth-order valence-electron chi connectivity index (χ4n) is 2.69. The van der Waals surface area contributed by atoms with E-state index < -0.39 is 0 Å². The molecule has 0 aliphatic heterocycles. The molecular formula is C15H17N. The third-order valence-corrected chi connectivity index (χ3v) is 3.70. The summed E-state index contributed by atoms with van der Waals surface area (Å²) in [6, 6.07) is 6.78. The molecule has 3 rings (SSSR count). The Bertz CT molecular complexity index is 585. The minimum absolute atomic E-state index is 0.192. The van der Waals surface area contributed by atoms with Crippen LogP contribution in [0.3, 0.4) is 0 Å². The largest absolute Gasteiger partial charge is 0.348 e. The number of nitrogens with zero attached hydrogens (tertiary/aromatic N) is 1. The minimum atomic E-state index is 0.192. The summed E-state index contributed by atoms with van der Waals surface area (Å²) in [5.41, 5.74) is 4.41. The Kier molecular flexibility index (Phi) is 1.82. The van der Waals surface area contributed by atoms with Crippen LogP contribution < -0.4 is 0 Å². The summed E-state index contributed by atoms with van der Waals surface area (Å²) in [6.07, 6.45) is 6.77. The molecule has 0 spiro atoms. The normalized spacial score (nSPS) is 16.9. The highest BCUT2D eigenvalue weighted by Crippen LogP contribution is 2.39. The van der Waals surface area contributed by atoms with E-state index in [1.807, 2.05) is 0 Å². The van der Waals surface area contributed by atoms with Crippen LogP contribution in [0.1, 0.15) is 31.9 Å². The van der Waals surface area contributed by atoms with Crippen molar-refractivity contribution in [2.75, 3.05) is 0 Å². The van der Waals surface area contributed by atoms with Crippen LogP contribution in [0.4, 0.5) is 0 Å². The summed E-state index contributed by atoms with van der Waals surface area (Å²) in [7, 11) is 0. The molecule has 0 saturated carbocycles. The molecule has 1 heteroatoms. The molecule has 1 aliphatic rings. The van der Waals surface area contributed by atoms with Gasteiger partial charge in [0.1, 0.15) is 0 Å².